The highest BCUT2D eigenvalue weighted by molar-refractivity contribution is 6.30. The first-order chi connectivity index (χ1) is 13.6. The number of carbonyl (C=O) groups is 2. The number of imide groups is 1. The van der Waals surface area contributed by atoms with Crippen molar-refractivity contribution in [3.8, 4) is 5.69 Å². The van der Waals surface area contributed by atoms with E-state index in [4.69, 9.17) is 11.6 Å². The molecule has 0 aliphatic carbocycles. The Bertz CT molecular complexity index is 852. The SMILES string of the molecule is O=C(NC(=O)[C@@H]1CCCN1Cc1cc(Cl)ccc1-n1cnnn1)[C@H]1CCCN1. The third kappa shape index (κ3) is 4.06. The molecule has 0 unspecified atom stereocenters. The van der Waals surface area contributed by atoms with Crippen molar-refractivity contribution in [3.63, 3.8) is 0 Å². The second-order valence-electron chi connectivity index (χ2n) is 7.16. The molecule has 2 fully saturated rings. The molecule has 0 spiro atoms. The van der Waals surface area contributed by atoms with E-state index in [0.29, 0.717) is 11.6 Å². The lowest BCUT2D eigenvalue weighted by Gasteiger charge is -2.25. The summed E-state index contributed by atoms with van der Waals surface area (Å²) in [4.78, 5) is 27.1. The van der Waals surface area contributed by atoms with Crippen molar-refractivity contribution in [2.75, 3.05) is 13.1 Å². The molecule has 1 aromatic heterocycles. The van der Waals surface area contributed by atoms with Crippen molar-refractivity contribution < 1.29 is 9.59 Å². The molecule has 2 aromatic rings. The second-order valence-corrected chi connectivity index (χ2v) is 7.59. The van der Waals surface area contributed by atoms with E-state index in [9.17, 15) is 9.59 Å². The number of hydrogen-bond acceptors (Lipinski definition) is 7. The standard InChI is InChI=1S/C18H22ClN7O2/c19-13-5-6-15(26-11-21-23-24-26)12(9-13)10-25-8-2-4-16(25)18(28)22-17(27)14-3-1-7-20-14/h5-6,9,11,14,16,20H,1-4,7-8,10H2,(H,22,27,28)/t14-,16+/m1/s1. The molecule has 10 heteroatoms. The molecule has 2 atom stereocenters. The predicted molar refractivity (Wildman–Crippen MR) is 102 cm³/mol. The van der Waals surface area contributed by atoms with Crippen LogP contribution in [-0.4, -0.2) is 62.1 Å². The second kappa shape index (κ2) is 8.34. The lowest BCUT2D eigenvalue weighted by molar-refractivity contribution is -0.134. The number of likely N-dealkylation sites (tertiary alicyclic amines) is 1. The van der Waals surface area contributed by atoms with Gasteiger partial charge in [-0.1, -0.05) is 11.6 Å². The molecule has 0 radical (unpaired) electrons. The van der Waals surface area contributed by atoms with Gasteiger partial charge in [-0.3, -0.25) is 19.8 Å². The highest BCUT2D eigenvalue weighted by Crippen LogP contribution is 2.25. The van der Waals surface area contributed by atoms with Crippen LogP contribution in [0.25, 0.3) is 5.69 Å². The molecule has 0 saturated carbocycles. The monoisotopic (exact) mass is 403 g/mol. The first-order valence-corrected chi connectivity index (χ1v) is 9.83. The van der Waals surface area contributed by atoms with Crippen LogP contribution in [0.5, 0.6) is 0 Å². The molecule has 2 amide bonds. The molecule has 3 heterocycles. The lowest BCUT2D eigenvalue weighted by Crippen LogP contribution is -2.49. The topological polar surface area (TPSA) is 105 Å². The number of amides is 2. The van der Waals surface area contributed by atoms with Gasteiger partial charge in [-0.2, -0.15) is 0 Å². The summed E-state index contributed by atoms with van der Waals surface area (Å²) in [5.74, 6) is -0.464. The smallest absolute Gasteiger partial charge is 0.243 e. The van der Waals surface area contributed by atoms with Crippen molar-refractivity contribution >= 4 is 23.4 Å². The van der Waals surface area contributed by atoms with Gasteiger partial charge in [0, 0.05) is 11.6 Å². The summed E-state index contributed by atoms with van der Waals surface area (Å²) >= 11 is 6.19. The van der Waals surface area contributed by atoms with Gasteiger partial charge in [-0.15, -0.1) is 5.10 Å². The van der Waals surface area contributed by atoms with Crippen molar-refractivity contribution in [2.45, 2.75) is 44.3 Å². The van der Waals surface area contributed by atoms with Gasteiger partial charge in [0.05, 0.1) is 17.8 Å². The number of nitrogens with one attached hydrogen (secondary N) is 2. The van der Waals surface area contributed by atoms with Crippen LogP contribution < -0.4 is 10.6 Å². The Hall–Kier alpha value is -2.36. The van der Waals surface area contributed by atoms with Crippen LogP contribution >= 0.6 is 11.6 Å². The summed E-state index contributed by atoms with van der Waals surface area (Å²) in [6.45, 7) is 2.11. The predicted octanol–water partition coefficient (Wildman–Crippen LogP) is 0.675. The number of carbonyl (C=O) groups excluding carboxylic acids is 2. The summed E-state index contributed by atoms with van der Waals surface area (Å²) in [6, 6.07) is 4.89. The molecular formula is C18H22ClN7O2. The fourth-order valence-corrected chi connectivity index (χ4v) is 4.10. The summed E-state index contributed by atoms with van der Waals surface area (Å²) < 4.78 is 1.58. The maximum atomic E-state index is 12.7. The molecule has 2 aliphatic rings. The summed E-state index contributed by atoms with van der Waals surface area (Å²) in [7, 11) is 0. The van der Waals surface area contributed by atoms with E-state index in [-0.39, 0.29) is 23.9 Å². The van der Waals surface area contributed by atoms with Gasteiger partial charge >= 0.3 is 0 Å². The van der Waals surface area contributed by atoms with Crippen LogP contribution in [0.1, 0.15) is 31.2 Å². The number of hydrogen-bond donors (Lipinski definition) is 2. The Balaban J connectivity index is 1.48. The summed E-state index contributed by atoms with van der Waals surface area (Å²) in [5.41, 5.74) is 1.73. The molecular weight excluding hydrogens is 382 g/mol. The Morgan fingerprint density at radius 1 is 1.25 bits per heavy atom. The van der Waals surface area contributed by atoms with Crippen LogP contribution in [-0.2, 0) is 16.1 Å². The minimum atomic E-state index is -0.342. The molecule has 2 aliphatic heterocycles. The van der Waals surface area contributed by atoms with E-state index >= 15 is 0 Å². The lowest BCUT2D eigenvalue weighted by atomic mass is 10.1. The van der Waals surface area contributed by atoms with Gasteiger partial charge in [0.15, 0.2) is 0 Å². The van der Waals surface area contributed by atoms with Gasteiger partial charge in [0.2, 0.25) is 11.8 Å². The zero-order chi connectivity index (χ0) is 19.5. The van der Waals surface area contributed by atoms with E-state index < -0.39 is 0 Å². The number of rotatable bonds is 5. The van der Waals surface area contributed by atoms with Gasteiger partial charge in [-0.25, -0.2) is 4.68 Å². The maximum absolute atomic E-state index is 12.7. The molecule has 28 heavy (non-hydrogen) atoms. The van der Waals surface area contributed by atoms with E-state index in [1.54, 1.807) is 10.7 Å². The largest absolute Gasteiger partial charge is 0.306 e. The van der Waals surface area contributed by atoms with Gasteiger partial charge in [-0.05, 0) is 73.0 Å². The van der Waals surface area contributed by atoms with E-state index in [1.165, 1.54) is 6.33 Å². The third-order valence-corrected chi connectivity index (χ3v) is 5.54. The van der Waals surface area contributed by atoms with Crippen molar-refractivity contribution in [3.05, 3.63) is 35.1 Å². The Morgan fingerprint density at radius 2 is 2.14 bits per heavy atom. The summed E-state index contributed by atoms with van der Waals surface area (Å²) in [5, 5.41) is 17.6. The van der Waals surface area contributed by atoms with E-state index in [1.807, 2.05) is 12.1 Å². The molecule has 2 N–H and O–H groups in total. The summed E-state index contributed by atoms with van der Waals surface area (Å²) in [6.07, 6.45) is 4.86. The van der Waals surface area contributed by atoms with Crippen molar-refractivity contribution in [1.29, 1.82) is 0 Å². The van der Waals surface area contributed by atoms with Crippen LogP contribution in [0, 0.1) is 0 Å². The zero-order valence-corrected chi connectivity index (χ0v) is 16.1. The van der Waals surface area contributed by atoms with Crippen LogP contribution in [0.2, 0.25) is 5.02 Å². The number of tetrazole rings is 1. The van der Waals surface area contributed by atoms with Crippen LogP contribution in [0.3, 0.4) is 0 Å². The van der Waals surface area contributed by atoms with Gasteiger partial charge in [0.25, 0.3) is 0 Å². The fourth-order valence-electron chi connectivity index (χ4n) is 3.91. The van der Waals surface area contributed by atoms with Crippen LogP contribution in [0.4, 0.5) is 0 Å². The average molecular weight is 404 g/mol. The molecule has 1 aromatic carbocycles. The maximum Gasteiger partial charge on any atom is 0.243 e. The number of benzene rings is 1. The fraction of sp³-hybridized carbons (Fsp3) is 0.500. The van der Waals surface area contributed by atoms with Crippen molar-refractivity contribution in [2.24, 2.45) is 0 Å². The Kier molecular flexibility index (Phi) is 5.65. The van der Waals surface area contributed by atoms with Crippen LogP contribution in [0.15, 0.2) is 24.5 Å². The van der Waals surface area contributed by atoms with Gasteiger partial charge in [0.1, 0.15) is 6.33 Å². The highest BCUT2D eigenvalue weighted by atomic mass is 35.5. The molecule has 2 saturated heterocycles. The molecule has 4 rings (SSSR count). The number of halogens is 1. The molecule has 0 bridgehead atoms. The minimum Gasteiger partial charge on any atom is -0.306 e. The third-order valence-electron chi connectivity index (χ3n) is 5.30. The van der Waals surface area contributed by atoms with E-state index in [2.05, 4.69) is 31.1 Å². The minimum absolute atomic E-state index is 0.230. The normalized spacial score (nSPS) is 22.5. The number of nitrogens with zero attached hydrogens (tertiary/aromatic N) is 5. The van der Waals surface area contributed by atoms with Gasteiger partial charge < -0.3 is 5.32 Å². The Labute approximate surface area is 167 Å². The quantitative estimate of drug-likeness (QED) is 0.707. The zero-order valence-electron chi connectivity index (χ0n) is 15.3. The molecule has 148 valence electrons. The molecule has 9 nitrogen and oxygen atoms in total. The Morgan fingerprint density at radius 3 is 2.89 bits per heavy atom. The van der Waals surface area contributed by atoms with E-state index in [0.717, 1.165) is 50.0 Å². The highest BCUT2D eigenvalue weighted by Gasteiger charge is 2.33. The van der Waals surface area contributed by atoms with Crippen molar-refractivity contribution in [1.82, 2.24) is 35.7 Å². The number of aromatic nitrogens is 4. The average Bonchev–Trinajstić information content (AvgIpc) is 3.44. The first-order valence-electron chi connectivity index (χ1n) is 9.46. The first kappa shape index (κ1) is 19.0.